The summed E-state index contributed by atoms with van der Waals surface area (Å²) >= 11 is 0. The van der Waals surface area contributed by atoms with Gasteiger partial charge in [0.2, 0.25) is 0 Å². The van der Waals surface area contributed by atoms with Crippen molar-refractivity contribution in [3.63, 3.8) is 0 Å². The van der Waals surface area contributed by atoms with Gasteiger partial charge in [0.15, 0.2) is 5.60 Å². The fraction of sp³-hybridized carbons (Fsp3) is 0.412. The van der Waals surface area contributed by atoms with Gasteiger partial charge in [0.1, 0.15) is 5.78 Å². The van der Waals surface area contributed by atoms with Gasteiger partial charge in [0.05, 0.1) is 0 Å². The number of cyclic esters (lactones) is 1. The summed E-state index contributed by atoms with van der Waals surface area (Å²) in [5.41, 5.74) is 0.208. The van der Waals surface area contributed by atoms with Crippen LogP contribution in [0.15, 0.2) is 42.5 Å². The third-order valence-corrected chi connectivity index (χ3v) is 4.30. The molecule has 0 radical (unpaired) electrons. The van der Waals surface area contributed by atoms with Crippen LogP contribution in [0.1, 0.15) is 37.7 Å². The number of rotatable bonds is 2. The Bertz CT molecular complexity index is 547. The van der Waals surface area contributed by atoms with Crippen molar-refractivity contribution in [1.82, 2.24) is 0 Å². The number of benzene rings is 1. The molecule has 3 nitrogen and oxygen atoms in total. The van der Waals surface area contributed by atoms with Crippen molar-refractivity contribution < 1.29 is 14.3 Å². The molecule has 2 aliphatic rings. The molecular weight excluding hydrogens is 252 g/mol. The fourth-order valence-corrected chi connectivity index (χ4v) is 3.29. The number of hydrogen-bond donors (Lipinski definition) is 0. The van der Waals surface area contributed by atoms with E-state index in [1.54, 1.807) is 0 Å². The molecular formula is C17H18O3. The minimum Gasteiger partial charge on any atom is -0.446 e. The van der Waals surface area contributed by atoms with E-state index in [1.807, 2.05) is 36.4 Å². The summed E-state index contributed by atoms with van der Waals surface area (Å²) in [6, 6.07) is 9.76. The van der Waals surface area contributed by atoms with Gasteiger partial charge in [-0.25, -0.2) is 4.79 Å². The van der Waals surface area contributed by atoms with E-state index in [1.165, 1.54) is 6.08 Å². The van der Waals surface area contributed by atoms with Gasteiger partial charge < -0.3 is 4.74 Å². The lowest BCUT2D eigenvalue weighted by atomic mass is 9.77. The first-order chi connectivity index (χ1) is 9.71. The van der Waals surface area contributed by atoms with Crippen LogP contribution in [-0.4, -0.2) is 11.8 Å². The molecule has 2 atom stereocenters. The summed E-state index contributed by atoms with van der Waals surface area (Å²) in [7, 11) is 0. The van der Waals surface area contributed by atoms with Crippen LogP contribution in [0.2, 0.25) is 0 Å². The zero-order chi connectivity index (χ0) is 14.0. The second-order valence-corrected chi connectivity index (χ2v) is 5.60. The molecule has 1 fully saturated rings. The van der Waals surface area contributed by atoms with Crippen LogP contribution in [-0.2, 0) is 19.9 Å². The molecule has 0 amide bonds. The average molecular weight is 270 g/mol. The predicted octanol–water partition coefficient (Wildman–Crippen LogP) is 3.14. The normalized spacial score (nSPS) is 30.1. The van der Waals surface area contributed by atoms with E-state index in [9.17, 15) is 9.59 Å². The third kappa shape index (κ3) is 2.28. The maximum absolute atomic E-state index is 11.9. The number of carbonyl (C=O) groups is 2. The van der Waals surface area contributed by atoms with Gasteiger partial charge in [0, 0.05) is 24.8 Å². The van der Waals surface area contributed by atoms with Crippen LogP contribution >= 0.6 is 0 Å². The largest absolute Gasteiger partial charge is 0.446 e. The minimum atomic E-state index is -0.752. The average Bonchev–Trinajstić information content (AvgIpc) is 2.73. The van der Waals surface area contributed by atoms with Crippen molar-refractivity contribution in [2.75, 3.05) is 0 Å². The Hall–Kier alpha value is -1.90. The van der Waals surface area contributed by atoms with Crippen LogP contribution in [0, 0.1) is 5.92 Å². The van der Waals surface area contributed by atoms with Crippen LogP contribution in [0.5, 0.6) is 0 Å². The summed E-state index contributed by atoms with van der Waals surface area (Å²) in [6.45, 7) is 0. The molecule has 0 bridgehead atoms. The van der Waals surface area contributed by atoms with E-state index in [0.717, 1.165) is 24.8 Å². The maximum atomic E-state index is 11.9. The second-order valence-electron chi connectivity index (χ2n) is 5.60. The number of hydrogen-bond acceptors (Lipinski definition) is 3. The highest BCUT2D eigenvalue weighted by atomic mass is 16.6. The molecule has 1 aliphatic carbocycles. The monoisotopic (exact) mass is 270 g/mol. The number of Topliss-reactive ketones (excluding diaryl/α,β-unsaturated/α-hetero) is 1. The zero-order valence-electron chi connectivity index (χ0n) is 11.4. The van der Waals surface area contributed by atoms with Crippen molar-refractivity contribution in [3.05, 3.63) is 48.0 Å². The number of esters is 1. The van der Waals surface area contributed by atoms with Gasteiger partial charge in [0.25, 0.3) is 0 Å². The molecule has 104 valence electrons. The second kappa shape index (κ2) is 5.23. The first kappa shape index (κ1) is 13.1. The molecule has 0 saturated heterocycles. The van der Waals surface area contributed by atoms with Gasteiger partial charge >= 0.3 is 5.97 Å². The zero-order valence-corrected chi connectivity index (χ0v) is 11.4. The summed E-state index contributed by atoms with van der Waals surface area (Å²) in [4.78, 5) is 23.6. The highest BCUT2D eigenvalue weighted by molar-refractivity contribution is 5.86. The van der Waals surface area contributed by atoms with Crippen molar-refractivity contribution in [2.24, 2.45) is 5.92 Å². The Balaban J connectivity index is 2.00. The molecule has 3 rings (SSSR count). The number of carbonyl (C=O) groups excluding carboxylic acids is 2. The number of ketones is 1. The Morgan fingerprint density at radius 3 is 2.60 bits per heavy atom. The van der Waals surface area contributed by atoms with Crippen LogP contribution in [0.3, 0.4) is 0 Å². The van der Waals surface area contributed by atoms with Crippen molar-refractivity contribution in [1.29, 1.82) is 0 Å². The fourth-order valence-electron chi connectivity index (χ4n) is 3.29. The lowest BCUT2D eigenvalue weighted by Crippen LogP contribution is -2.35. The lowest BCUT2D eigenvalue weighted by Gasteiger charge is -2.34. The van der Waals surface area contributed by atoms with Crippen molar-refractivity contribution in [3.8, 4) is 0 Å². The van der Waals surface area contributed by atoms with Gasteiger partial charge in [-0.15, -0.1) is 0 Å². The Labute approximate surface area is 118 Å². The molecule has 20 heavy (non-hydrogen) atoms. The topological polar surface area (TPSA) is 43.4 Å². The number of ether oxygens (including phenoxy) is 1. The Kier molecular flexibility index (Phi) is 3.43. The molecule has 3 heteroatoms. The van der Waals surface area contributed by atoms with Crippen LogP contribution in [0.25, 0.3) is 0 Å². The molecule has 1 aromatic carbocycles. The molecule has 0 N–H and O–H groups in total. The molecule has 1 saturated carbocycles. The van der Waals surface area contributed by atoms with Crippen LogP contribution < -0.4 is 0 Å². The van der Waals surface area contributed by atoms with E-state index in [2.05, 4.69) is 0 Å². The molecule has 0 spiro atoms. The molecule has 1 heterocycles. The summed E-state index contributed by atoms with van der Waals surface area (Å²) < 4.78 is 5.68. The van der Waals surface area contributed by atoms with Crippen molar-refractivity contribution in [2.45, 2.75) is 37.7 Å². The summed E-state index contributed by atoms with van der Waals surface area (Å²) in [5.74, 6) is 0.00676. The van der Waals surface area contributed by atoms with E-state index >= 15 is 0 Å². The van der Waals surface area contributed by atoms with E-state index < -0.39 is 5.60 Å². The van der Waals surface area contributed by atoms with Crippen molar-refractivity contribution >= 4 is 11.8 Å². The third-order valence-electron chi connectivity index (χ3n) is 4.30. The lowest BCUT2D eigenvalue weighted by molar-refractivity contribution is -0.152. The van der Waals surface area contributed by atoms with Gasteiger partial charge in [-0.3, -0.25) is 4.79 Å². The molecule has 0 unspecified atom stereocenters. The first-order valence-corrected chi connectivity index (χ1v) is 7.20. The minimum absolute atomic E-state index is 0.0441. The standard InChI is InChI=1S/C17H18O3/c18-15-9-5-4-8-14(12-15)17(11-10-16(19)20-17)13-6-2-1-3-7-13/h1-3,6-7,10-11,14H,4-5,8-9,12H2/t14-,17-/m1/s1. The van der Waals surface area contributed by atoms with E-state index in [-0.39, 0.29) is 17.7 Å². The van der Waals surface area contributed by atoms with Crippen LogP contribution in [0.4, 0.5) is 0 Å². The Morgan fingerprint density at radius 1 is 1.10 bits per heavy atom. The van der Waals surface area contributed by atoms with E-state index in [4.69, 9.17) is 4.74 Å². The predicted molar refractivity (Wildman–Crippen MR) is 74.9 cm³/mol. The first-order valence-electron chi connectivity index (χ1n) is 7.20. The summed E-state index contributed by atoms with van der Waals surface area (Å²) in [5, 5.41) is 0. The van der Waals surface area contributed by atoms with Gasteiger partial charge in [-0.05, 0) is 24.5 Å². The van der Waals surface area contributed by atoms with Gasteiger partial charge in [-0.1, -0.05) is 36.8 Å². The molecule has 1 aromatic rings. The molecule has 1 aliphatic heterocycles. The summed E-state index contributed by atoms with van der Waals surface area (Å²) in [6.07, 6.45) is 7.34. The Morgan fingerprint density at radius 2 is 1.90 bits per heavy atom. The highest BCUT2D eigenvalue weighted by Gasteiger charge is 2.45. The molecule has 0 aromatic heterocycles. The SMILES string of the molecule is O=C1CCCC[C@@H]([C@]2(c3ccccc3)C=CC(=O)O2)C1. The highest BCUT2D eigenvalue weighted by Crippen LogP contribution is 2.44. The van der Waals surface area contributed by atoms with E-state index in [0.29, 0.717) is 12.8 Å². The quantitative estimate of drug-likeness (QED) is 0.612. The maximum Gasteiger partial charge on any atom is 0.331 e. The smallest absolute Gasteiger partial charge is 0.331 e. The van der Waals surface area contributed by atoms with Gasteiger partial charge in [-0.2, -0.15) is 0 Å².